The molecule has 1 fully saturated rings. The van der Waals surface area contributed by atoms with Gasteiger partial charge in [-0.25, -0.2) is 9.97 Å². The van der Waals surface area contributed by atoms with Crippen LogP contribution in [0.2, 0.25) is 0 Å². The van der Waals surface area contributed by atoms with Gasteiger partial charge in [-0.1, -0.05) is 0 Å². The summed E-state index contributed by atoms with van der Waals surface area (Å²) in [5, 5.41) is 12.5. The number of aromatic amines is 1. The molecule has 0 aliphatic heterocycles. The van der Waals surface area contributed by atoms with Crippen LogP contribution in [0.4, 0.5) is 5.69 Å². The number of H-pyrrole nitrogens is 1. The monoisotopic (exact) mass is 342 g/mol. The zero-order chi connectivity index (χ0) is 17.5. The Kier molecular flexibility index (Phi) is 3.39. The second kappa shape index (κ2) is 5.88. The van der Waals surface area contributed by atoms with Gasteiger partial charge < -0.3 is 10.3 Å². The molecule has 1 aliphatic carbocycles. The number of hydrogen-bond donors (Lipinski definition) is 2. The van der Waals surface area contributed by atoms with E-state index in [4.69, 9.17) is 10.2 Å². The fraction of sp³-hybridized carbons (Fsp3) is 0.250. The van der Waals surface area contributed by atoms with Crippen molar-refractivity contribution >= 4 is 22.4 Å². The van der Waals surface area contributed by atoms with Crippen molar-refractivity contribution in [2.24, 2.45) is 0 Å². The van der Waals surface area contributed by atoms with Crippen molar-refractivity contribution in [3.05, 3.63) is 60.3 Å². The predicted octanol–water partition coefficient (Wildman–Crippen LogP) is 3.83. The molecule has 3 heterocycles. The second-order valence-corrected chi connectivity index (χ2v) is 6.89. The summed E-state index contributed by atoms with van der Waals surface area (Å²) >= 11 is 0. The maximum Gasteiger partial charge on any atom is 0.154 e. The lowest BCUT2D eigenvalue weighted by molar-refractivity contribution is 0.657. The normalized spacial score (nSPS) is 19.8. The van der Waals surface area contributed by atoms with E-state index in [1.54, 1.807) is 0 Å². The molecule has 0 amide bonds. The molecular formula is C20H18N6. The van der Waals surface area contributed by atoms with Crippen LogP contribution >= 0.6 is 0 Å². The predicted molar refractivity (Wildman–Crippen MR) is 100 cm³/mol. The van der Waals surface area contributed by atoms with Crippen LogP contribution in [0.25, 0.3) is 16.7 Å². The molecule has 1 aromatic carbocycles. The SMILES string of the molecule is N#Cc1ccc(N[C@@H]2CC[C@@H](c3ncc4cnc5[nH]ccc5n34)C2)cc1. The van der Waals surface area contributed by atoms with Gasteiger partial charge in [0.05, 0.1) is 35.1 Å². The molecule has 4 aromatic rings. The highest BCUT2D eigenvalue weighted by atomic mass is 15.1. The van der Waals surface area contributed by atoms with Crippen LogP contribution in [0.3, 0.4) is 0 Å². The average Bonchev–Trinajstić information content (AvgIpc) is 3.40. The van der Waals surface area contributed by atoms with Crippen LogP contribution in [0.5, 0.6) is 0 Å². The van der Waals surface area contributed by atoms with E-state index in [-0.39, 0.29) is 0 Å². The first-order valence-electron chi connectivity index (χ1n) is 8.88. The molecular weight excluding hydrogens is 324 g/mol. The summed E-state index contributed by atoms with van der Waals surface area (Å²) in [7, 11) is 0. The number of nitriles is 1. The van der Waals surface area contributed by atoms with Gasteiger partial charge in [0.2, 0.25) is 0 Å². The van der Waals surface area contributed by atoms with E-state index in [2.05, 4.69) is 31.8 Å². The largest absolute Gasteiger partial charge is 0.382 e. The highest BCUT2D eigenvalue weighted by Crippen LogP contribution is 2.36. The fourth-order valence-electron chi connectivity index (χ4n) is 4.01. The molecule has 2 atom stereocenters. The Hall–Kier alpha value is -3.33. The lowest BCUT2D eigenvalue weighted by Gasteiger charge is -2.15. The van der Waals surface area contributed by atoms with Crippen LogP contribution in [-0.4, -0.2) is 25.4 Å². The summed E-state index contributed by atoms with van der Waals surface area (Å²) < 4.78 is 2.23. The van der Waals surface area contributed by atoms with Crippen LogP contribution in [-0.2, 0) is 0 Å². The molecule has 1 saturated carbocycles. The topological polar surface area (TPSA) is 81.8 Å². The van der Waals surface area contributed by atoms with Crippen molar-refractivity contribution in [3.63, 3.8) is 0 Å². The van der Waals surface area contributed by atoms with Crippen LogP contribution in [0.1, 0.15) is 36.6 Å². The maximum atomic E-state index is 8.91. The Balaban J connectivity index is 1.39. The summed E-state index contributed by atoms with van der Waals surface area (Å²) in [6.45, 7) is 0. The molecule has 0 radical (unpaired) electrons. The zero-order valence-corrected chi connectivity index (χ0v) is 14.2. The van der Waals surface area contributed by atoms with Crippen molar-refractivity contribution < 1.29 is 0 Å². The Bertz CT molecular complexity index is 1110. The lowest BCUT2D eigenvalue weighted by atomic mass is 10.1. The van der Waals surface area contributed by atoms with E-state index in [0.29, 0.717) is 17.5 Å². The molecule has 6 nitrogen and oxygen atoms in total. The van der Waals surface area contributed by atoms with Gasteiger partial charge in [-0.2, -0.15) is 5.26 Å². The molecule has 0 bridgehead atoms. The van der Waals surface area contributed by atoms with E-state index in [1.165, 1.54) is 0 Å². The molecule has 128 valence electrons. The number of nitrogens with one attached hydrogen (secondary N) is 2. The zero-order valence-electron chi connectivity index (χ0n) is 14.2. The molecule has 6 heteroatoms. The van der Waals surface area contributed by atoms with Crippen LogP contribution < -0.4 is 5.32 Å². The summed E-state index contributed by atoms with van der Waals surface area (Å²) in [4.78, 5) is 12.3. The Labute approximate surface area is 150 Å². The van der Waals surface area contributed by atoms with Gasteiger partial charge in [0.1, 0.15) is 5.82 Å². The first-order valence-corrected chi connectivity index (χ1v) is 8.88. The van der Waals surface area contributed by atoms with Gasteiger partial charge in [0.25, 0.3) is 0 Å². The van der Waals surface area contributed by atoms with E-state index in [9.17, 15) is 0 Å². The third kappa shape index (κ3) is 2.40. The van der Waals surface area contributed by atoms with Crippen molar-refractivity contribution in [1.29, 1.82) is 5.26 Å². The quantitative estimate of drug-likeness (QED) is 0.593. The lowest BCUT2D eigenvalue weighted by Crippen LogP contribution is -2.15. The number of fused-ring (bicyclic) bond motifs is 3. The first kappa shape index (κ1) is 15.0. The number of hydrogen-bond acceptors (Lipinski definition) is 4. The Morgan fingerprint density at radius 3 is 2.81 bits per heavy atom. The third-order valence-electron chi connectivity index (χ3n) is 5.27. The molecule has 26 heavy (non-hydrogen) atoms. The number of anilines is 1. The van der Waals surface area contributed by atoms with E-state index < -0.39 is 0 Å². The second-order valence-electron chi connectivity index (χ2n) is 6.89. The maximum absolute atomic E-state index is 8.91. The molecule has 0 spiro atoms. The number of benzene rings is 1. The molecule has 2 N–H and O–H groups in total. The van der Waals surface area contributed by atoms with Crippen molar-refractivity contribution in [3.8, 4) is 6.07 Å². The summed E-state index contributed by atoms with van der Waals surface area (Å²) in [5.41, 5.74) is 4.77. The van der Waals surface area contributed by atoms with E-state index >= 15 is 0 Å². The minimum absolute atomic E-state index is 0.420. The first-order chi connectivity index (χ1) is 12.8. The minimum Gasteiger partial charge on any atom is -0.382 e. The fourth-order valence-corrected chi connectivity index (χ4v) is 4.01. The van der Waals surface area contributed by atoms with Crippen molar-refractivity contribution in [2.45, 2.75) is 31.2 Å². The van der Waals surface area contributed by atoms with Gasteiger partial charge >= 0.3 is 0 Å². The third-order valence-corrected chi connectivity index (χ3v) is 5.27. The number of imidazole rings is 1. The molecule has 5 rings (SSSR count). The van der Waals surface area contributed by atoms with Crippen molar-refractivity contribution in [2.75, 3.05) is 5.32 Å². The van der Waals surface area contributed by atoms with Gasteiger partial charge in [-0.05, 0) is 49.6 Å². The highest BCUT2D eigenvalue weighted by molar-refractivity contribution is 5.75. The minimum atomic E-state index is 0.420. The van der Waals surface area contributed by atoms with Gasteiger partial charge in [-0.15, -0.1) is 0 Å². The van der Waals surface area contributed by atoms with Crippen LogP contribution in [0, 0.1) is 11.3 Å². The summed E-state index contributed by atoms with van der Waals surface area (Å²) in [6, 6.07) is 12.3. The molecule has 0 unspecified atom stereocenters. The van der Waals surface area contributed by atoms with Gasteiger partial charge in [0, 0.05) is 23.8 Å². The standard InChI is InChI=1S/C20H18N6/c21-10-13-1-4-15(5-2-13)25-16-6-3-14(9-16)20-24-12-17-11-23-19-18(26(17)20)7-8-22-19/h1-2,4-5,7-8,11-12,14,16,22,25H,3,6,9H2/t14-,16-/m1/s1. The summed E-state index contributed by atoms with van der Waals surface area (Å²) in [5.74, 6) is 1.55. The molecule has 0 saturated heterocycles. The summed E-state index contributed by atoms with van der Waals surface area (Å²) in [6.07, 6.45) is 8.98. The number of rotatable bonds is 3. The van der Waals surface area contributed by atoms with E-state index in [1.807, 2.05) is 42.9 Å². The average molecular weight is 342 g/mol. The van der Waals surface area contributed by atoms with Crippen LogP contribution in [0.15, 0.2) is 48.9 Å². The highest BCUT2D eigenvalue weighted by Gasteiger charge is 2.29. The Morgan fingerprint density at radius 2 is 1.96 bits per heavy atom. The number of aromatic nitrogens is 4. The molecule has 3 aromatic heterocycles. The van der Waals surface area contributed by atoms with Crippen molar-refractivity contribution in [1.82, 2.24) is 19.4 Å². The molecule has 1 aliphatic rings. The van der Waals surface area contributed by atoms with E-state index in [0.717, 1.165) is 47.5 Å². The number of nitrogens with zero attached hydrogens (tertiary/aromatic N) is 4. The van der Waals surface area contributed by atoms with Gasteiger partial charge in [0.15, 0.2) is 5.65 Å². The Morgan fingerprint density at radius 1 is 1.12 bits per heavy atom. The van der Waals surface area contributed by atoms with Gasteiger partial charge in [-0.3, -0.25) is 4.40 Å². The smallest absolute Gasteiger partial charge is 0.154 e.